The van der Waals surface area contributed by atoms with Gasteiger partial charge in [0.25, 0.3) is 5.91 Å². The van der Waals surface area contributed by atoms with E-state index >= 15 is 0 Å². The average Bonchev–Trinajstić information content (AvgIpc) is 3.46. The first-order valence-corrected chi connectivity index (χ1v) is 12.6. The molecule has 2 amide bonds. The van der Waals surface area contributed by atoms with E-state index in [-0.39, 0.29) is 23.6 Å². The molecule has 8 nitrogen and oxygen atoms in total. The molecule has 2 aromatic carbocycles. The van der Waals surface area contributed by atoms with Gasteiger partial charge in [0.15, 0.2) is 5.69 Å². The van der Waals surface area contributed by atoms with Crippen LogP contribution in [0.15, 0.2) is 78.4 Å². The second-order valence-electron chi connectivity index (χ2n) is 9.52. The highest BCUT2D eigenvalue weighted by Gasteiger charge is 2.34. The van der Waals surface area contributed by atoms with E-state index in [1.165, 1.54) is 4.90 Å². The van der Waals surface area contributed by atoms with Gasteiger partial charge in [0.05, 0.1) is 7.11 Å². The van der Waals surface area contributed by atoms with Crippen LogP contribution in [-0.2, 0) is 16.8 Å². The molecule has 0 saturated heterocycles. The van der Waals surface area contributed by atoms with Crippen molar-refractivity contribution in [1.29, 1.82) is 0 Å². The number of carbonyl (C=O) groups is 2. The lowest BCUT2D eigenvalue weighted by molar-refractivity contribution is -0.122. The van der Waals surface area contributed by atoms with Crippen LogP contribution in [0.1, 0.15) is 54.0 Å². The largest absolute Gasteiger partial charge is 0.497 e. The number of amides is 2. The molecule has 0 saturated carbocycles. The predicted octanol–water partition coefficient (Wildman–Crippen LogP) is 4.94. The molecule has 9 heteroatoms. The molecule has 2 aromatic heterocycles. The monoisotopic (exact) mass is 515 g/mol. The van der Waals surface area contributed by atoms with Crippen molar-refractivity contribution in [2.45, 2.75) is 38.8 Å². The Kier molecular flexibility index (Phi) is 7.93. The van der Waals surface area contributed by atoms with Gasteiger partial charge in [-0.3, -0.25) is 19.5 Å². The summed E-state index contributed by atoms with van der Waals surface area (Å²) in [5.74, 6) is -0.0402. The summed E-state index contributed by atoms with van der Waals surface area (Å²) in [4.78, 5) is 33.2. The first-order valence-electron chi connectivity index (χ1n) is 11.8. The van der Waals surface area contributed by atoms with E-state index < -0.39 is 11.9 Å². The van der Waals surface area contributed by atoms with Gasteiger partial charge in [0, 0.05) is 35.6 Å². The molecule has 37 heavy (non-hydrogen) atoms. The molecule has 0 aliphatic carbocycles. The fourth-order valence-electron chi connectivity index (χ4n) is 3.87. The maximum atomic E-state index is 13.8. The van der Waals surface area contributed by atoms with Crippen LogP contribution >= 0.6 is 11.5 Å². The Morgan fingerprint density at radius 3 is 2.35 bits per heavy atom. The number of nitrogens with zero attached hydrogens (tertiary/aromatic N) is 4. The van der Waals surface area contributed by atoms with Crippen LogP contribution in [0.5, 0.6) is 5.75 Å². The first kappa shape index (κ1) is 26.0. The normalized spacial score (nSPS) is 12.0. The van der Waals surface area contributed by atoms with E-state index in [1.54, 1.807) is 37.0 Å². The standard InChI is InChI=1S/C28H29N5O3S/c1-28(2,3)21-9-11-22(12-10-21)33(27(35)24-18-37-32-31-24)25(20-6-5-15-29-17-20)26(34)30-16-19-7-13-23(36-4)14-8-19/h5-15,17-18,25H,16H2,1-4H3,(H,30,34). The molecule has 1 atom stereocenters. The molecule has 1 unspecified atom stereocenters. The third-order valence-electron chi connectivity index (χ3n) is 5.94. The summed E-state index contributed by atoms with van der Waals surface area (Å²) in [6.45, 7) is 6.65. The maximum Gasteiger partial charge on any atom is 0.280 e. The summed E-state index contributed by atoms with van der Waals surface area (Å²) >= 11 is 1.08. The minimum absolute atomic E-state index is 0.0648. The number of ether oxygens (including phenoxy) is 1. The van der Waals surface area contributed by atoms with Crippen LogP contribution in [-0.4, -0.2) is 33.5 Å². The molecular formula is C28H29N5O3S. The van der Waals surface area contributed by atoms with Crippen molar-refractivity contribution in [3.63, 3.8) is 0 Å². The van der Waals surface area contributed by atoms with Gasteiger partial charge >= 0.3 is 0 Å². The number of pyridine rings is 1. The quantitative estimate of drug-likeness (QED) is 0.357. The van der Waals surface area contributed by atoms with Gasteiger partial charge in [-0.05, 0) is 58.4 Å². The second-order valence-corrected chi connectivity index (χ2v) is 10.1. The minimum atomic E-state index is -0.985. The molecule has 0 spiro atoms. The molecule has 190 valence electrons. The van der Waals surface area contributed by atoms with Crippen molar-refractivity contribution in [3.8, 4) is 5.75 Å². The van der Waals surface area contributed by atoms with Gasteiger partial charge in [-0.15, -0.1) is 5.10 Å². The zero-order valence-electron chi connectivity index (χ0n) is 21.2. The van der Waals surface area contributed by atoms with Crippen LogP contribution < -0.4 is 15.0 Å². The summed E-state index contributed by atoms with van der Waals surface area (Å²) in [6, 6.07) is 17.7. The summed E-state index contributed by atoms with van der Waals surface area (Å²) in [7, 11) is 1.60. The lowest BCUT2D eigenvalue weighted by Crippen LogP contribution is -2.44. The third-order valence-corrected chi connectivity index (χ3v) is 6.45. The van der Waals surface area contributed by atoms with Gasteiger partial charge in [0.2, 0.25) is 5.91 Å². The molecule has 0 radical (unpaired) electrons. The number of anilines is 1. The lowest BCUT2D eigenvalue weighted by atomic mass is 9.87. The molecule has 1 N–H and O–H groups in total. The Labute approximate surface area is 220 Å². The third kappa shape index (κ3) is 6.18. The van der Waals surface area contributed by atoms with E-state index in [9.17, 15) is 9.59 Å². The molecule has 0 bridgehead atoms. The predicted molar refractivity (Wildman–Crippen MR) is 144 cm³/mol. The number of rotatable bonds is 8. The van der Waals surface area contributed by atoms with Crippen molar-refractivity contribution >= 4 is 29.0 Å². The van der Waals surface area contributed by atoms with Crippen LogP contribution in [0.3, 0.4) is 0 Å². The number of hydrogen-bond donors (Lipinski definition) is 1. The molecule has 2 heterocycles. The Balaban J connectivity index is 1.73. The summed E-state index contributed by atoms with van der Waals surface area (Å²) in [5, 5.41) is 8.55. The smallest absolute Gasteiger partial charge is 0.280 e. The first-order chi connectivity index (χ1) is 17.8. The SMILES string of the molecule is COc1ccc(CNC(=O)C(c2cccnc2)N(C(=O)c2csnn2)c2ccc(C(C)(C)C)cc2)cc1. The van der Waals surface area contributed by atoms with Gasteiger partial charge in [-0.2, -0.15) is 0 Å². The van der Waals surface area contributed by atoms with Gasteiger partial charge < -0.3 is 10.1 Å². The number of benzene rings is 2. The molecule has 0 aliphatic heterocycles. The van der Waals surface area contributed by atoms with Crippen LogP contribution in [0.2, 0.25) is 0 Å². The highest BCUT2D eigenvalue weighted by molar-refractivity contribution is 7.03. The Hall–Kier alpha value is -4.11. The van der Waals surface area contributed by atoms with Gasteiger partial charge in [-0.1, -0.05) is 55.6 Å². The Morgan fingerprint density at radius 2 is 1.78 bits per heavy atom. The second kappa shape index (κ2) is 11.3. The zero-order valence-corrected chi connectivity index (χ0v) is 22.0. The highest BCUT2D eigenvalue weighted by Crippen LogP contribution is 2.32. The van der Waals surface area contributed by atoms with Crippen molar-refractivity contribution in [3.05, 3.63) is 101 Å². The average molecular weight is 516 g/mol. The summed E-state index contributed by atoms with van der Waals surface area (Å²) in [6.07, 6.45) is 3.23. The number of carbonyl (C=O) groups excluding carboxylic acids is 2. The van der Waals surface area contributed by atoms with Crippen LogP contribution in [0.25, 0.3) is 0 Å². The lowest BCUT2D eigenvalue weighted by Gasteiger charge is -2.31. The van der Waals surface area contributed by atoms with E-state index in [0.717, 1.165) is 28.4 Å². The molecule has 0 aliphatic rings. The zero-order chi connectivity index (χ0) is 26.4. The molecular weight excluding hydrogens is 486 g/mol. The van der Waals surface area contributed by atoms with Gasteiger partial charge in [0.1, 0.15) is 11.8 Å². The number of methoxy groups -OCH3 is 1. The van der Waals surface area contributed by atoms with Crippen molar-refractivity contribution < 1.29 is 14.3 Å². The van der Waals surface area contributed by atoms with Crippen LogP contribution in [0, 0.1) is 0 Å². The topological polar surface area (TPSA) is 97.3 Å². The van der Waals surface area contributed by atoms with Crippen molar-refractivity contribution in [2.75, 3.05) is 12.0 Å². The number of nitrogens with one attached hydrogen (secondary N) is 1. The molecule has 4 aromatic rings. The van der Waals surface area contributed by atoms with E-state index in [2.05, 4.69) is 40.7 Å². The van der Waals surface area contributed by atoms with E-state index in [0.29, 0.717) is 11.3 Å². The van der Waals surface area contributed by atoms with E-state index in [4.69, 9.17) is 4.74 Å². The van der Waals surface area contributed by atoms with Crippen molar-refractivity contribution in [2.24, 2.45) is 0 Å². The fourth-order valence-corrected chi connectivity index (χ4v) is 4.30. The van der Waals surface area contributed by atoms with Gasteiger partial charge in [-0.25, -0.2) is 0 Å². The van der Waals surface area contributed by atoms with Crippen LogP contribution in [0.4, 0.5) is 5.69 Å². The summed E-state index contributed by atoms with van der Waals surface area (Å²) < 4.78 is 9.07. The van der Waals surface area contributed by atoms with Crippen molar-refractivity contribution in [1.82, 2.24) is 19.9 Å². The maximum absolute atomic E-state index is 13.8. The number of aromatic nitrogens is 3. The highest BCUT2D eigenvalue weighted by atomic mass is 32.1. The molecule has 4 rings (SSSR count). The van der Waals surface area contributed by atoms with E-state index in [1.807, 2.05) is 48.5 Å². The molecule has 0 fully saturated rings. The summed E-state index contributed by atoms with van der Waals surface area (Å²) in [5.41, 5.74) is 3.26. The Morgan fingerprint density at radius 1 is 1.05 bits per heavy atom. The minimum Gasteiger partial charge on any atom is -0.497 e. The number of hydrogen-bond acceptors (Lipinski definition) is 7. The Bertz CT molecular complexity index is 1320. The fraction of sp³-hybridized carbons (Fsp3) is 0.250.